The van der Waals surface area contributed by atoms with Crippen molar-refractivity contribution in [3.63, 3.8) is 0 Å². The molecule has 3 heterocycles. The van der Waals surface area contributed by atoms with Crippen LogP contribution >= 0.6 is 11.3 Å². The number of hydrogen-bond donors (Lipinski definition) is 0. The Morgan fingerprint density at radius 1 is 1.47 bits per heavy atom. The van der Waals surface area contributed by atoms with E-state index in [9.17, 15) is 4.79 Å². The Balaban J connectivity index is 1.73. The maximum Gasteiger partial charge on any atom is 0.264 e. The molecule has 2 fully saturated rings. The van der Waals surface area contributed by atoms with Crippen LogP contribution in [0.3, 0.4) is 0 Å². The lowest BCUT2D eigenvalue weighted by molar-refractivity contribution is -0.0582. The summed E-state index contributed by atoms with van der Waals surface area (Å²) in [6, 6.07) is 4.69. The molecule has 4 nitrogen and oxygen atoms in total. The number of hydrogen-bond acceptors (Lipinski definition) is 4. The first-order valence-corrected chi connectivity index (χ1v) is 7.75. The minimum atomic E-state index is 0.150. The Kier molecular flexibility index (Phi) is 3.60. The summed E-state index contributed by atoms with van der Waals surface area (Å²) in [6.07, 6.45) is 0.181. The standard InChI is InChI=1S/C14H20N2O2S/c1-10(2)16-5-6-18-12-9-15(8-11(12)16)14(17)13-4-3-7-19-13/h3-4,7,10-12H,5-6,8-9H2,1-2H3/t11-,12+/m1/s1. The van der Waals surface area contributed by atoms with E-state index in [2.05, 4.69) is 18.7 Å². The second-order valence-electron chi connectivity index (χ2n) is 5.50. The van der Waals surface area contributed by atoms with Gasteiger partial charge in [0, 0.05) is 25.7 Å². The molecule has 0 radical (unpaired) electrons. The lowest BCUT2D eigenvalue weighted by Crippen LogP contribution is -2.53. The van der Waals surface area contributed by atoms with Gasteiger partial charge in [-0.05, 0) is 25.3 Å². The van der Waals surface area contributed by atoms with E-state index in [4.69, 9.17) is 4.74 Å². The molecule has 0 N–H and O–H groups in total. The molecule has 0 aromatic carbocycles. The molecule has 2 saturated heterocycles. The van der Waals surface area contributed by atoms with Gasteiger partial charge < -0.3 is 9.64 Å². The van der Waals surface area contributed by atoms with E-state index in [1.165, 1.54) is 11.3 Å². The summed E-state index contributed by atoms with van der Waals surface area (Å²) in [5.41, 5.74) is 0. The third-order valence-corrected chi connectivity index (χ3v) is 4.88. The summed E-state index contributed by atoms with van der Waals surface area (Å²) >= 11 is 1.51. The minimum Gasteiger partial charge on any atom is -0.373 e. The SMILES string of the molecule is CC(C)N1CCO[C@H]2CN(C(=O)c3cccs3)C[C@H]21. The Morgan fingerprint density at radius 2 is 2.32 bits per heavy atom. The summed E-state index contributed by atoms with van der Waals surface area (Å²) in [6.45, 7) is 7.70. The van der Waals surface area contributed by atoms with Crippen molar-refractivity contribution in [2.75, 3.05) is 26.2 Å². The van der Waals surface area contributed by atoms with Crippen LogP contribution in [-0.2, 0) is 4.74 Å². The molecule has 1 aromatic rings. The monoisotopic (exact) mass is 280 g/mol. The van der Waals surface area contributed by atoms with Gasteiger partial charge in [0.1, 0.15) is 0 Å². The predicted molar refractivity (Wildman–Crippen MR) is 75.6 cm³/mol. The summed E-state index contributed by atoms with van der Waals surface area (Å²) in [5, 5.41) is 1.95. The van der Waals surface area contributed by atoms with Crippen LogP contribution in [0.25, 0.3) is 0 Å². The van der Waals surface area contributed by atoms with Gasteiger partial charge in [0.05, 0.1) is 23.6 Å². The normalized spacial score (nSPS) is 27.8. The van der Waals surface area contributed by atoms with Gasteiger partial charge in [0.15, 0.2) is 0 Å². The fourth-order valence-corrected chi connectivity index (χ4v) is 3.77. The maximum absolute atomic E-state index is 12.4. The van der Waals surface area contributed by atoms with E-state index in [1.807, 2.05) is 22.4 Å². The smallest absolute Gasteiger partial charge is 0.264 e. The van der Waals surface area contributed by atoms with Gasteiger partial charge in [-0.1, -0.05) is 6.07 Å². The molecule has 2 atom stereocenters. The third-order valence-electron chi connectivity index (χ3n) is 4.03. The molecule has 1 aromatic heterocycles. The van der Waals surface area contributed by atoms with Gasteiger partial charge in [0.25, 0.3) is 5.91 Å². The zero-order valence-electron chi connectivity index (χ0n) is 11.4. The van der Waals surface area contributed by atoms with Crippen LogP contribution < -0.4 is 0 Å². The van der Waals surface area contributed by atoms with Crippen molar-refractivity contribution >= 4 is 17.2 Å². The highest BCUT2D eigenvalue weighted by Gasteiger charge is 2.42. The maximum atomic E-state index is 12.4. The van der Waals surface area contributed by atoms with Crippen LogP contribution in [0.4, 0.5) is 0 Å². The Hall–Kier alpha value is -0.910. The second kappa shape index (κ2) is 5.23. The van der Waals surface area contributed by atoms with Crippen molar-refractivity contribution < 1.29 is 9.53 Å². The van der Waals surface area contributed by atoms with Crippen molar-refractivity contribution in [3.05, 3.63) is 22.4 Å². The molecule has 0 unspecified atom stereocenters. The molecular weight excluding hydrogens is 260 g/mol. The number of carbonyl (C=O) groups is 1. The zero-order valence-corrected chi connectivity index (χ0v) is 12.2. The molecule has 0 spiro atoms. The van der Waals surface area contributed by atoms with E-state index in [0.717, 1.165) is 31.1 Å². The minimum absolute atomic E-state index is 0.150. The average Bonchev–Trinajstić information content (AvgIpc) is 3.06. The molecular formula is C14H20N2O2S. The number of carbonyl (C=O) groups excluding carboxylic acids is 1. The van der Waals surface area contributed by atoms with Gasteiger partial charge in [0.2, 0.25) is 0 Å². The van der Waals surface area contributed by atoms with Crippen LogP contribution in [-0.4, -0.2) is 60.1 Å². The molecule has 5 heteroatoms. The number of ether oxygens (including phenoxy) is 1. The van der Waals surface area contributed by atoms with E-state index in [-0.39, 0.29) is 12.0 Å². The molecule has 3 rings (SSSR count). The van der Waals surface area contributed by atoms with Crippen LogP contribution in [0, 0.1) is 0 Å². The van der Waals surface area contributed by atoms with Crippen LogP contribution in [0.5, 0.6) is 0 Å². The summed E-state index contributed by atoms with van der Waals surface area (Å²) in [4.78, 5) is 17.6. The average molecular weight is 280 g/mol. The number of nitrogens with zero attached hydrogens (tertiary/aromatic N) is 2. The van der Waals surface area contributed by atoms with Gasteiger partial charge >= 0.3 is 0 Å². The summed E-state index contributed by atoms with van der Waals surface area (Å²) in [5.74, 6) is 0.150. The van der Waals surface area contributed by atoms with E-state index in [1.54, 1.807) is 0 Å². The van der Waals surface area contributed by atoms with Gasteiger partial charge in [-0.3, -0.25) is 9.69 Å². The van der Waals surface area contributed by atoms with Crippen LogP contribution in [0.2, 0.25) is 0 Å². The second-order valence-corrected chi connectivity index (χ2v) is 6.44. The first-order valence-electron chi connectivity index (χ1n) is 6.87. The molecule has 0 aliphatic carbocycles. The first-order chi connectivity index (χ1) is 9.16. The Labute approximate surface area is 118 Å². The van der Waals surface area contributed by atoms with Crippen LogP contribution in [0.15, 0.2) is 17.5 Å². The highest BCUT2D eigenvalue weighted by atomic mass is 32.1. The molecule has 2 aliphatic rings. The summed E-state index contributed by atoms with van der Waals surface area (Å²) < 4.78 is 5.85. The quantitative estimate of drug-likeness (QED) is 0.826. The van der Waals surface area contributed by atoms with E-state index < -0.39 is 0 Å². The first kappa shape index (κ1) is 13.1. The van der Waals surface area contributed by atoms with Crippen molar-refractivity contribution in [2.24, 2.45) is 0 Å². The fraction of sp³-hybridized carbons (Fsp3) is 0.643. The topological polar surface area (TPSA) is 32.8 Å². The number of morpholine rings is 1. The van der Waals surface area contributed by atoms with Gasteiger partial charge in [-0.15, -0.1) is 11.3 Å². The molecule has 0 bridgehead atoms. The number of rotatable bonds is 2. The van der Waals surface area contributed by atoms with Crippen molar-refractivity contribution in [3.8, 4) is 0 Å². The fourth-order valence-electron chi connectivity index (χ4n) is 3.08. The third kappa shape index (κ3) is 2.42. The van der Waals surface area contributed by atoms with Crippen molar-refractivity contribution in [1.29, 1.82) is 0 Å². The number of amides is 1. The Morgan fingerprint density at radius 3 is 3.00 bits per heavy atom. The summed E-state index contributed by atoms with van der Waals surface area (Å²) in [7, 11) is 0. The molecule has 2 aliphatic heterocycles. The van der Waals surface area contributed by atoms with Gasteiger partial charge in [-0.25, -0.2) is 0 Å². The predicted octanol–water partition coefficient (Wildman–Crippen LogP) is 1.68. The molecule has 1 amide bonds. The number of likely N-dealkylation sites (tertiary alicyclic amines) is 1. The molecule has 19 heavy (non-hydrogen) atoms. The lowest BCUT2D eigenvalue weighted by Gasteiger charge is -2.39. The van der Waals surface area contributed by atoms with Gasteiger partial charge in [-0.2, -0.15) is 0 Å². The largest absolute Gasteiger partial charge is 0.373 e. The van der Waals surface area contributed by atoms with Crippen LogP contribution in [0.1, 0.15) is 23.5 Å². The number of thiophene rings is 1. The van der Waals surface area contributed by atoms with E-state index in [0.29, 0.717) is 12.1 Å². The highest BCUT2D eigenvalue weighted by Crippen LogP contribution is 2.26. The zero-order chi connectivity index (χ0) is 13.4. The Bertz CT molecular complexity index is 446. The highest BCUT2D eigenvalue weighted by molar-refractivity contribution is 7.12. The lowest BCUT2D eigenvalue weighted by atomic mass is 10.1. The number of fused-ring (bicyclic) bond motifs is 1. The molecule has 104 valence electrons. The van der Waals surface area contributed by atoms with Crippen molar-refractivity contribution in [1.82, 2.24) is 9.80 Å². The van der Waals surface area contributed by atoms with Crippen molar-refractivity contribution in [2.45, 2.75) is 32.0 Å². The van der Waals surface area contributed by atoms with E-state index >= 15 is 0 Å². The molecule has 0 saturated carbocycles.